The van der Waals surface area contributed by atoms with E-state index in [2.05, 4.69) is 34.6 Å². The van der Waals surface area contributed by atoms with Crippen LogP contribution in [0.25, 0.3) is 11.3 Å². The molecule has 1 aromatic heterocycles. The molecule has 0 aliphatic rings. The van der Waals surface area contributed by atoms with Gasteiger partial charge in [-0.1, -0.05) is 55.3 Å². The highest BCUT2D eigenvalue weighted by atomic mass is 16.1. The number of carbonyl (C=O) groups is 1. The molecule has 4 nitrogen and oxygen atoms in total. The van der Waals surface area contributed by atoms with E-state index in [0.717, 1.165) is 23.4 Å². The summed E-state index contributed by atoms with van der Waals surface area (Å²) in [7, 11) is 0. The highest BCUT2D eigenvalue weighted by Gasteiger charge is 2.11. The molecular formula is C21H23N3O. The van der Waals surface area contributed by atoms with Crippen LogP contribution in [0.5, 0.6) is 0 Å². The van der Waals surface area contributed by atoms with Crippen molar-refractivity contribution in [1.29, 1.82) is 0 Å². The molecule has 0 atom stereocenters. The van der Waals surface area contributed by atoms with Gasteiger partial charge in [-0.25, -0.2) is 0 Å². The Hall–Kier alpha value is -2.88. The predicted octanol–water partition coefficient (Wildman–Crippen LogP) is 4.98. The van der Waals surface area contributed by atoms with Crippen molar-refractivity contribution in [2.24, 2.45) is 0 Å². The molecule has 1 heterocycles. The minimum absolute atomic E-state index is 0.188. The maximum atomic E-state index is 12.4. The molecule has 1 amide bonds. The van der Waals surface area contributed by atoms with Gasteiger partial charge in [0.05, 0.1) is 5.69 Å². The number of aryl methyl sites for hydroxylation is 2. The number of unbranched alkanes of at least 4 members (excludes halogenated alkanes) is 1. The summed E-state index contributed by atoms with van der Waals surface area (Å²) in [6.45, 7) is 4.23. The number of hydrogen-bond acceptors (Lipinski definition) is 2. The lowest BCUT2D eigenvalue weighted by Crippen LogP contribution is -2.12. The molecule has 0 spiro atoms. The molecule has 3 aromatic rings. The Morgan fingerprint density at radius 3 is 2.48 bits per heavy atom. The van der Waals surface area contributed by atoms with Gasteiger partial charge in [-0.15, -0.1) is 0 Å². The van der Waals surface area contributed by atoms with Gasteiger partial charge in [0.25, 0.3) is 5.91 Å². The number of aromatic amines is 1. The number of nitrogens with zero attached hydrogens (tertiary/aromatic N) is 1. The zero-order chi connectivity index (χ0) is 17.6. The van der Waals surface area contributed by atoms with Crippen molar-refractivity contribution in [2.75, 3.05) is 5.32 Å². The minimum Gasteiger partial charge on any atom is -0.321 e. The topological polar surface area (TPSA) is 57.8 Å². The van der Waals surface area contributed by atoms with Crippen LogP contribution in [0.1, 0.15) is 41.4 Å². The lowest BCUT2D eigenvalue weighted by molar-refractivity contribution is 0.102. The molecule has 0 radical (unpaired) electrons. The van der Waals surface area contributed by atoms with Gasteiger partial charge in [-0.05, 0) is 43.5 Å². The maximum Gasteiger partial charge on any atom is 0.273 e. The molecule has 0 saturated heterocycles. The Morgan fingerprint density at radius 1 is 1.08 bits per heavy atom. The Balaban J connectivity index is 1.66. The van der Waals surface area contributed by atoms with Crippen molar-refractivity contribution in [3.05, 3.63) is 71.4 Å². The third-order valence-corrected chi connectivity index (χ3v) is 4.20. The molecule has 2 aromatic carbocycles. The monoisotopic (exact) mass is 333 g/mol. The fraction of sp³-hybridized carbons (Fsp3) is 0.238. The quantitative estimate of drug-likeness (QED) is 0.668. The fourth-order valence-electron chi connectivity index (χ4n) is 2.64. The molecule has 0 saturated carbocycles. The first-order valence-corrected chi connectivity index (χ1v) is 8.68. The van der Waals surface area contributed by atoms with Crippen LogP contribution < -0.4 is 5.32 Å². The van der Waals surface area contributed by atoms with Crippen LogP contribution in [-0.4, -0.2) is 16.1 Å². The summed E-state index contributed by atoms with van der Waals surface area (Å²) in [6.07, 6.45) is 3.44. The minimum atomic E-state index is -0.188. The average molecular weight is 333 g/mol. The number of anilines is 1. The van der Waals surface area contributed by atoms with Gasteiger partial charge < -0.3 is 5.32 Å². The van der Waals surface area contributed by atoms with Crippen molar-refractivity contribution in [3.63, 3.8) is 0 Å². The van der Waals surface area contributed by atoms with Gasteiger partial charge in [-0.3, -0.25) is 9.89 Å². The van der Waals surface area contributed by atoms with E-state index in [9.17, 15) is 4.79 Å². The molecule has 0 fully saturated rings. The summed E-state index contributed by atoms with van der Waals surface area (Å²) in [5.41, 5.74) is 5.48. The Kier molecular flexibility index (Phi) is 5.29. The van der Waals surface area contributed by atoms with Gasteiger partial charge in [-0.2, -0.15) is 5.10 Å². The number of carbonyl (C=O) groups excluding carboxylic acids is 1. The fourth-order valence-corrected chi connectivity index (χ4v) is 2.64. The summed E-state index contributed by atoms with van der Waals surface area (Å²) >= 11 is 0. The Bertz CT molecular complexity index is 832. The summed E-state index contributed by atoms with van der Waals surface area (Å²) in [4.78, 5) is 12.4. The third-order valence-electron chi connectivity index (χ3n) is 4.20. The van der Waals surface area contributed by atoms with Gasteiger partial charge in [0.1, 0.15) is 5.69 Å². The van der Waals surface area contributed by atoms with E-state index < -0.39 is 0 Å². The smallest absolute Gasteiger partial charge is 0.273 e. The lowest BCUT2D eigenvalue weighted by atomic mass is 10.1. The molecule has 2 N–H and O–H groups in total. The van der Waals surface area contributed by atoms with Gasteiger partial charge in [0.2, 0.25) is 0 Å². The van der Waals surface area contributed by atoms with Crippen LogP contribution in [0.15, 0.2) is 54.6 Å². The first-order chi connectivity index (χ1) is 12.2. The number of hydrogen-bond donors (Lipinski definition) is 2. The third kappa shape index (κ3) is 4.35. The second kappa shape index (κ2) is 7.79. The van der Waals surface area contributed by atoms with Crippen LogP contribution in [-0.2, 0) is 6.42 Å². The molecule has 0 unspecified atom stereocenters. The molecule has 0 aliphatic heterocycles. The van der Waals surface area contributed by atoms with Crippen LogP contribution in [0.2, 0.25) is 0 Å². The van der Waals surface area contributed by atoms with Gasteiger partial charge in [0.15, 0.2) is 0 Å². The molecule has 0 bridgehead atoms. The molecule has 3 rings (SSSR count). The molecule has 4 heteroatoms. The van der Waals surface area contributed by atoms with Gasteiger partial charge in [0, 0.05) is 11.3 Å². The van der Waals surface area contributed by atoms with Crippen molar-refractivity contribution < 1.29 is 4.79 Å². The van der Waals surface area contributed by atoms with Crippen LogP contribution in [0.4, 0.5) is 5.69 Å². The number of H-pyrrole nitrogens is 1. The summed E-state index contributed by atoms with van der Waals surface area (Å²) in [5, 5.41) is 9.96. The van der Waals surface area contributed by atoms with E-state index in [1.807, 2.05) is 43.3 Å². The summed E-state index contributed by atoms with van der Waals surface area (Å²) < 4.78 is 0. The second-order valence-corrected chi connectivity index (χ2v) is 6.29. The largest absolute Gasteiger partial charge is 0.321 e. The van der Waals surface area contributed by atoms with E-state index in [1.54, 1.807) is 6.07 Å². The number of rotatable bonds is 6. The van der Waals surface area contributed by atoms with E-state index in [4.69, 9.17) is 0 Å². The van der Waals surface area contributed by atoms with E-state index >= 15 is 0 Å². The van der Waals surface area contributed by atoms with Crippen molar-refractivity contribution in [3.8, 4) is 11.3 Å². The van der Waals surface area contributed by atoms with Crippen LogP contribution in [0, 0.1) is 6.92 Å². The molecule has 25 heavy (non-hydrogen) atoms. The first kappa shape index (κ1) is 17.0. The predicted molar refractivity (Wildman–Crippen MR) is 102 cm³/mol. The average Bonchev–Trinajstić information content (AvgIpc) is 3.12. The summed E-state index contributed by atoms with van der Waals surface area (Å²) in [5.74, 6) is -0.188. The molecule has 0 aliphatic carbocycles. The number of nitrogens with one attached hydrogen (secondary N) is 2. The van der Waals surface area contributed by atoms with Crippen molar-refractivity contribution >= 4 is 11.6 Å². The Labute approximate surface area is 148 Å². The zero-order valence-electron chi connectivity index (χ0n) is 14.7. The number of amides is 1. The van der Waals surface area contributed by atoms with E-state index in [0.29, 0.717) is 5.69 Å². The van der Waals surface area contributed by atoms with E-state index in [-0.39, 0.29) is 5.91 Å². The van der Waals surface area contributed by atoms with Gasteiger partial charge >= 0.3 is 0 Å². The SMILES string of the molecule is CCCCc1ccc(NC(=O)c2cc(-c3ccc(C)cc3)n[nH]2)cc1. The van der Waals surface area contributed by atoms with E-state index in [1.165, 1.54) is 24.0 Å². The highest BCUT2D eigenvalue weighted by Crippen LogP contribution is 2.19. The number of aromatic nitrogens is 2. The molecule has 128 valence electrons. The normalized spacial score (nSPS) is 10.6. The first-order valence-electron chi connectivity index (χ1n) is 8.68. The highest BCUT2D eigenvalue weighted by molar-refractivity contribution is 6.03. The van der Waals surface area contributed by atoms with Crippen molar-refractivity contribution in [2.45, 2.75) is 33.1 Å². The van der Waals surface area contributed by atoms with Crippen LogP contribution >= 0.6 is 0 Å². The Morgan fingerprint density at radius 2 is 1.80 bits per heavy atom. The molecular weight excluding hydrogens is 310 g/mol. The van der Waals surface area contributed by atoms with Crippen molar-refractivity contribution in [1.82, 2.24) is 10.2 Å². The zero-order valence-corrected chi connectivity index (χ0v) is 14.7. The standard InChI is InChI=1S/C21H23N3O/c1-3-4-5-16-8-12-18(13-9-16)22-21(25)20-14-19(23-24-20)17-10-6-15(2)7-11-17/h6-14H,3-5H2,1-2H3,(H,22,25)(H,23,24). The second-order valence-electron chi connectivity index (χ2n) is 6.29. The lowest BCUT2D eigenvalue weighted by Gasteiger charge is -2.05. The van der Waals surface area contributed by atoms with Crippen LogP contribution in [0.3, 0.4) is 0 Å². The number of benzene rings is 2. The maximum absolute atomic E-state index is 12.4. The summed E-state index contributed by atoms with van der Waals surface area (Å²) in [6, 6.07) is 17.9.